The first-order chi connectivity index (χ1) is 10.7. The molecular weight excluding hydrogens is 312 g/mol. The van der Waals surface area contributed by atoms with Gasteiger partial charge in [-0.2, -0.15) is 0 Å². The summed E-state index contributed by atoms with van der Waals surface area (Å²) in [5.41, 5.74) is 0. The van der Waals surface area contributed by atoms with Crippen LogP contribution in [0.2, 0.25) is 0 Å². The first-order valence-electron chi connectivity index (χ1n) is 7.40. The number of aliphatic hydroxyl groups is 4. The lowest BCUT2D eigenvalue weighted by Gasteiger charge is -2.39. The molecule has 9 nitrogen and oxygen atoms in total. The van der Waals surface area contributed by atoms with Gasteiger partial charge in [0.1, 0.15) is 24.4 Å². The van der Waals surface area contributed by atoms with Gasteiger partial charge in [0, 0.05) is 0 Å². The fraction of sp³-hybridized carbons (Fsp3) is 0.857. The number of carbonyl (C=O) groups excluding carboxylic acids is 1. The highest BCUT2D eigenvalue weighted by atomic mass is 16.7. The van der Waals surface area contributed by atoms with Gasteiger partial charge in [0.2, 0.25) is 6.29 Å². The predicted molar refractivity (Wildman–Crippen MR) is 75.1 cm³/mol. The van der Waals surface area contributed by atoms with Crippen LogP contribution in [0.4, 0.5) is 0 Å². The first kappa shape index (κ1) is 19.8. The minimum atomic E-state index is -1.70. The van der Waals surface area contributed by atoms with E-state index >= 15 is 0 Å². The zero-order chi connectivity index (χ0) is 17.7. The molecule has 0 radical (unpaired) electrons. The van der Waals surface area contributed by atoms with Crippen molar-refractivity contribution in [3.8, 4) is 0 Å². The Balaban J connectivity index is 2.66. The van der Waals surface area contributed by atoms with Crippen molar-refractivity contribution in [3.63, 3.8) is 0 Å². The number of hydrogen-bond donors (Lipinski definition) is 5. The summed E-state index contributed by atoms with van der Waals surface area (Å²) in [6, 6.07) is 0. The summed E-state index contributed by atoms with van der Waals surface area (Å²) < 4.78 is 9.88. The number of aliphatic hydroxyl groups excluding tert-OH is 4. The second kappa shape index (κ2) is 8.55. The largest absolute Gasteiger partial charge is 0.481 e. The van der Waals surface area contributed by atoms with Crippen LogP contribution in [0.1, 0.15) is 26.7 Å². The molecule has 1 aliphatic heterocycles. The molecule has 1 saturated heterocycles. The van der Waals surface area contributed by atoms with E-state index in [-0.39, 0.29) is 12.3 Å². The Kier molecular flexibility index (Phi) is 7.36. The number of ether oxygens (including phenoxy) is 2. The summed E-state index contributed by atoms with van der Waals surface area (Å²) in [7, 11) is 0. The molecule has 5 N–H and O–H groups in total. The van der Waals surface area contributed by atoms with Crippen molar-refractivity contribution in [2.75, 3.05) is 6.61 Å². The Morgan fingerprint density at radius 1 is 1.13 bits per heavy atom. The Morgan fingerprint density at radius 3 is 2.22 bits per heavy atom. The van der Waals surface area contributed by atoms with Crippen LogP contribution in [0.25, 0.3) is 0 Å². The molecule has 1 fully saturated rings. The molecule has 1 aliphatic rings. The highest BCUT2D eigenvalue weighted by Gasteiger charge is 2.45. The van der Waals surface area contributed by atoms with Gasteiger partial charge in [-0.15, -0.1) is 0 Å². The quantitative estimate of drug-likeness (QED) is 0.348. The third-order valence-corrected chi connectivity index (χ3v) is 3.61. The van der Waals surface area contributed by atoms with Gasteiger partial charge in [-0.3, -0.25) is 9.59 Å². The molecule has 1 rings (SSSR count). The molecule has 6 atom stereocenters. The molecule has 0 spiro atoms. The monoisotopic (exact) mass is 336 g/mol. The Labute approximate surface area is 133 Å². The Bertz CT molecular complexity index is 409. The van der Waals surface area contributed by atoms with Crippen molar-refractivity contribution in [3.05, 3.63) is 0 Å². The normalized spacial score (nSPS) is 32.6. The van der Waals surface area contributed by atoms with Gasteiger partial charge in [-0.05, 0) is 12.3 Å². The summed E-state index contributed by atoms with van der Waals surface area (Å²) in [5, 5.41) is 47.1. The summed E-state index contributed by atoms with van der Waals surface area (Å²) in [6.07, 6.45) is -7.85. The molecule has 1 unspecified atom stereocenters. The van der Waals surface area contributed by atoms with E-state index in [2.05, 4.69) is 0 Å². The SMILES string of the molecule is CC(C)C[C@H](CC(=O)OC1O[C@H](CO)[C@@H](O)[C@H](O)[C@H]1O)C(=O)O. The van der Waals surface area contributed by atoms with Gasteiger partial charge in [-0.1, -0.05) is 13.8 Å². The first-order valence-corrected chi connectivity index (χ1v) is 7.40. The fourth-order valence-corrected chi connectivity index (χ4v) is 2.38. The van der Waals surface area contributed by atoms with Crippen molar-refractivity contribution in [1.29, 1.82) is 0 Å². The predicted octanol–water partition coefficient (Wildman–Crippen LogP) is -1.53. The maximum atomic E-state index is 11.9. The number of carboxylic acids is 1. The zero-order valence-electron chi connectivity index (χ0n) is 13.0. The van der Waals surface area contributed by atoms with E-state index in [0.29, 0.717) is 0 Å². The average Bonchev–Trinajstić information content (AvgIpc) is 2.46. The maximum Gasteiger partial charge on any atom is 0.309 e. The van der Waals surface area contributed by atoms with Crippen molar-refractivity contribution < 1.29 is 44.6 Å². The van der Waals surface area contributed by atoms with E-state index in [1.54, 1.807) is 0 Å². The van der Waals surface area contributed by atoms with E-state index in [9.17, 15) is 24.9 Å². The Hall–Kier alpha value is -1.26. The zero-order valence-corrected chi connectivity index (χ0v) is 13.0. The summed E-state index contributed by atoms with van der Waals surface area (Å²) in [6.45, 7) is 2.99. The number of aliphatic carboxylic acids is 1. The van der Waals surface area contributed by atoms with Gasteiger partial charge in [0.05, 0.1) is 18.9 Å². The summed E-state index contributed by atoms with van der Waals surface area (Å²) in [5.74, 6) is -2.92. The maximum absolute atomic E-state index is 11.9. The second-order valence-electron chi connectivity index (χ2n) is 6.06. The molecule has 23 heavy (non-hydrogen) atoms. The van der Waals surface area contributed by atoms with Gasteiger partial charge in [0.25, 0.3) is 0 Å². The molecule has 0 aromatic rings. The minimum Gasteiger partial charge on any atom is -0.481 e. The summed E-state index contributed by atoms with van der Waals surface area (Å²) in [4.78, 5) is 23.0. The van der Waals surface area contributed by atoms with Crippen LogP contribution in [-0.4, -0.2) is 74.8 Å². The number of carbonyl (C=O) groups is 2. The van der Waals surface area contributed by atoms with Crippen LogP contribution in [0.5, 0.6) is 0 Å². The summed E-state index contributed by atoms with van der Waals surface area (Å²) >= 11 is 0. The lowest BCUT2D eigenvalue weighted by atomic mass is 9.94. The molecule has 134 valence electrons. The highest BCUT2D eigenvalue weighted by molar-refractivity contribution is 5.78. The number of hydrogen-bond acceptors (Lipinski definition) is 8. The van der Waals surface area contributed by atoms with Crippen LogP contribution in [-0.2, 0) is 19.1 Å². The lowest BCUT2D eigenvalue weighted by Crippen LogP contribution is -2.59. The van der Waals surface area contributed by atoms with E-state index in [1.807, 2.05) is 13.8 Å². The standard InChI is InChI=1S/C14H24O9/c1-6(2)3-7(13(20)21)4-9(16)23-14-12(19)11(18)10(17)8(5-15)22-14/h6-8,10-12,14-15,17-19H,3-5H2,1-2H3,(H,20,21)/t7-,8-,10-,11+,12-,14?/m1/s1. The molecule has 0 saturated carbocycles. The van der Waals surface area contributed by atoms with Gasteiger partial charge in [-0.25, -0.2) is 0 Å². The van der Waals surface area contributed by atoms with Crippen LogP contribution in [0.15, 0.2) is 0 Å². The van der Waals surface area contributed by atoms with E-state index < -0.39 is 61.6 Å². The van der Waals surface area contributed by atoms with Gasteiger partial charge in [0.15, 0.2) is 0 Å². The lowest BCUT2D eigenvalue weighted by molar-refractivity contribution is -0.292. The molecule has 0 amide bonds. The van der Waals surface area contributed by atoms with Crippen LogP contribution >= 0.6 is 0 Å². The highest BCUT2D eigenvalue weighted by Crippen LogP contribution is 2.23. The van der Waals surface area contributed by atoms with Gasteiger partial charge < -0.3 is 35.0 Å². The fourth-order valence-electron chi connectivity index (χ4n) is 2.38. The van der Waals surface area contributed by atoms with E-state index in [0.717, 1.165) is 0 Å². The smallest absolute Gasteiger partial charge is 0.309 e. The third-order valence-electron chi connectivity index (χ3n) is 3.61. The number of carboxylic acid groups (broad SMARTS) is 1. The topological polar surface area (TPSA) is 154 Å². The molecule has 0 aliphatic carbocycles. The molecule has 9 heteroatoms. The average molecular weight is 336 g/mol. The van der Waals surface area contributed by atoms with Crippen molar-refractivity contribution in [2.24, 2.45) is 11.8 Å². The van der Waals surface area contributed by atoms with Crippen LogP contribution < -0.4 is 0 Å². The third kappa shape index (κ3) is 5.40. The van der Waals surface area contributed by atoms with Crippen LogP contribution in [0.3, 0.4) is 0 Å². The van der Waals surface area contributed by atoms with Crippen LogP contribution in [0, 0.1) is 11.8 Å². The van der Waals surface area contributed by atoms with E-state index in [4.69, 9.17) is 19.7 Å². The molecule has 0 aromatic heterocycles. The second-order valence-corrected chi connectivity index (χ2v) is 6.06. The molecular formula is C14H24O9. The number of esters is 1. The van der Waals surface area contributed by atoms with Gasteiger partial charge >= 0.3 is 11.9 Å². The minimum absolute atomic E-state index is 0.0659. The Morgan fingerprint density at radius 2 is 1.74 bits per heavy atom. The molecule has 0 bridgehead atoms. The van der Waals surface area contributed by atoms with Crippen molar-refractivity contribution >= 4 is 11.9 Å². The molecule has 1 heterocycles. The van der Waals surface area contributed by atoms with Crippen molar-refractivity contribution in [1.82, 2.24) is 0 Å². The van der Waals surface area contributed by atoms with Crippen molar-refractivity contribution in [2.45, 2.75) is 57.4 Å². The number of rotatable bonds is 7. The molecule has 0 aromatic carbocycles. The van der Waals surface area contributed by atoms with E-state index in [1.165, 1.54) is 0 Å².